The monoisotopic (exact) mass is 289 g/mol. The van der Waals surface area contributed by atoms with Crippen LogP contribution < -0.4 is 15.2 Å². The van der Waals surface area contributed by atoms with Crippen LogP contribution in [-0.2, 0) is 0 Å². The van der Waals surface area contributed by atoms with E-state index in [9.17, 15) is 5.11 Å². The number of hydrogen-bond donors (Lipinski definition) is 2. The Hall–Kier alpha value is -2.18. The molecule has 3 N–H and O–H groups in total. The molecule has 2 rings (SSSR count). The molecule has 6 heteroatoms. The molecule has 0 saturated carbocycles. The maximum absolute atomic E-state index is 10.4. The average Bonchev–Trinajstić information content (AvgIpc) is 2.56. The lowest BCUT2D eigenvalue weighted by molar-refractivity contribution is 0.137. The minimum atomic E-state index is -0.880. The van der Waals surface area contributed by atoms with Crippen molar-refractivity contribution in [3.8, 4) is 11.5 Å². The van der Waals surface area contributed by atoms with Gasteiger partial charge in [-0.3, -0.25) is 0 Å². The van der Waals surface area contributed by atoms with Crippen LogP contribution in [0.3, 0.4) is 0 Å². The molecule has 21 heavy (non-hydrogen) atoms. The van der Waals surface area contributed by atoms with Crippen LogP contribution in [0.4, 0.5) is 0 Å². The number of aliphatic hydroxyl groups is 1. The number of nitrogens with zero attached hydrogens (tertiary/aromatic N) is 2. The summed E-state index contributed by atoms with van der Waals surface area (Å²) in [6.07, 6.45) is 2.30. The summed E-state index contributed by atoms with van der Waals surface area (Å²) >= 11 is 0. The molecule has 0 bridgehead atoms. The van der Waals surface area contributed by atoms with Gasteiger partial charge in [0.25, 0.3) is 0 Å². The third-order valence-corrected chi connectivity index (χ3v) is 3.32. The van der Waals surface area contributed by atoms with Crippen molar-refractivity contribution in [3.05, 3.63) is 48.0 Å². The van der Waals surface area contributed by atoms with Gasteiger partial charge in [-0.15, -0.1) is 0 Å². The third kappa shape index (κ3) is 3.29. The van der Waals surface area contributed by atoms with Gasteiger partial charge >= 0.3 is 0 Å². The maximum atomic E-state index is 10.4. The van der Waals surface area contributed by atoms with Gasteiger partial charge in [0.05, 0.1) is 14.2 Å². The van der Waals surface area contributed by atoms with Crippen molar-refractivity contribution >= 4 is 0 Å². The van der Waals surface area contributed by atoms with Crippen LogP contribution in [-0.4, -0.2) is 35.8 Å². The number of aliphatic hydroxyl groups excluding tert-OH is 1. The van der Waals surface area contributed by atoms with Crippen molar-refractivity contribution in [2.24, 2.45) is 5.73 Å². The fourth-order valence-electron chi connectivity index (χ4n) is 2.17. The second kappa shape index (κ2) is 7.01. The lowest BCUT2D eigenvalue weighted by Gasteiger charge is -2.21. The van der Waals surface area contributed by atoms with Crippen molar-refractivity contribution in [2.45, 2.75) is 12.0 Å². The minimum Gasteiger partial charge on any atom is -0.493 e. The highest BCUT2D eigenvalue weighted by molar-refractivity contribution is 5.44. The summed E-state index contributed by atoms with van der Waals surface area (Å²) in [5, 5.41) is 10.4. The Morgan fingerprint density at radius 1 is 1.14 bits per heavy atom. The molecule has 0 aliphatic rings. The lowest BCUT2D eigenvalue weighted by Crippen LogP contribution is -2.21. The van der Waals surface area contributed by atoms with Gasteiger partial charge in [0, 0.05) is 24.9 Å². The summed E-state index contributed by atoms with van der Waals surface area (Å²) in [4.78, 5) is 8.15. The summed E-state index contributed by atoms with van der Waals surface area (Å²) in [5.74, 6) is 1.24. The quantitative estimate of drug-likeness (QED) is 0.832. The predicted molar refractivity (Wildman–Crippen MR) is 78.3 cm³/mol. The van der Waals surface area contributed by atoms with Crippen molar-refractivity contribution in [3.63, 3.8) is 0 Å². The SMILES string of the molecule is COc1ccc(C(CN)C(O)c2ncccn2)cc1OC. The van der Waals surface area contributed by atoms with Gasteiger partial charge in [-0.25, -0.2) is 9.97 Å². The first-order chi connectivity index (χ1) is 10.2. The van der Waals surface area contributed by atoms with Gasteiger partial charge in [0.15, 0.2) is 17.3 Å². The molecule has 0 amide bonds. The van der Waals surface area contributed by atoms with E-state index in [2.05, 4.69) is 9.97 Å². The Morgan fingerprint density at radius 3 is 2.38 bits per heavy atom. The van der Waals surface area contributed by atoms with Crippen LogP contribution in [0.15, 0.2) is 36.7 Å². The van der Waals surface area contributed by atoms with E-state index in [0.717, 1.165) is 5.56 Å². The van der Waals surface area contributed by atoms with Gasteiger partial charge in [0.1, 0.15) is 6.10 Å². The normalized spacial score (nSPS) is 13.5. The summed E-state index contributed by atoms with van der Waals surface area (Å²) < 4.78 is 10.5. The van der Waals surface area contributed by atoms with Gasteiger partial charge < -0.3 is 20.3 Å². The molecule has 0 spiro atoms. The molecule has 2 unspecified atom stereocenters. The fraction of sp³-hybridized carbons (Fsp3) is 0.333. The first-order valence-electron chi connectivity index (χ1n) is 6.58. The van der Waals surface area contributed by atoms with Crippen LogP contribution in [0, 0.1) is 0 Å². The maximum Gasteiger partial charge on any atom is 0.160 e. The summed E-state index contributed by atoms with van der Waals surface area (Å²) in [5.41, 5.74) is 6.66. The smallest absolute Gasteiger partial charge is 0.160 e. The standard InChI is InChI=1S/C15H19N3O3/c1-20-12-5-4-10(8-13(12)21-2)11(9-16)14(19)15-17-6-3-7-18-15/h3-8,11,14,19H,9,16H2,1-2H3. The Bertz CT molecular complexity index is 578. The fourth-order valence-corrected chi connectivity index (χ4v) is 2.17. The van der Waals surface area contributed by atoms with E-state index in [1.807, 2.05) is 12.1 Å². The van der Waals surface area contributed by atoms with Crippen molar-refractivity contribution in [2.75, 3.05) is 20.8 Å². The van der Waals surface area contributed by atoms with E-state index >= 15 is 0 Å². The average molecular weight is 289 g/mol. The molecule has 1 aromatic heterocycles. The van der Waals surface area contributed by atoms with E-state index in [0.29, 0.717) is 17.3 Å². The molecule has 0 radical (unpaired) electrons. The predicted octanol–water partition coefficient (Wildman–Crippen LogP) is 1.27. The Balaban J connectivity index is 2.33. The highest BCUT2D eigenvalue weighted by atomic mass is 16.5. The molecule has 2 atom stereocenters. The van der Waals surface area contributed by atoms with E-state index in [1.165, 1.54) is 0 Å². The molecular formula is C15H19N3O3. The highest BCUT2D eigenvalue weighted by Crippen LogP contribution is 2.34. The van der Waals surface area contributed by atoms with Crippen LogP contribution >= 0.6 is 0 Å². The van der Waals surface area contributed by atoms with Crippen LogP contribution in [0.25, 0.3) is 0 Å². The Labute approximate surface area is 123 Å². The molecule has 0 saturated heterocycles. The molecule has 1 aromatic carbocycles. The molecular weight excluding hydrogens is 270 g/mol. The number of hydrogen-bond acceptors (Lipinski definition) is 6. The summed E-state index contributed by atoms with van der Waals surface area (Å²) in [6.45, 7) is 0.259. The van der Waals surface area contributed by atoms with Crippen molar-refractivity contribution in [1.82, 2.24) is 9.97 Å². The van der Waals surface area contributed by atoms with Gasteiger partial charge in [-0.05, 0) is 23.8 Å². The minimum absolute atomic E-state index is 0.259. The van der Waals surface area contributed by atoms with Crippen LogP contribution in [0.1, 0.15) is 23.4 Å². The first-order valence-corrected chi connectivity index (χ1v) is 6.58. The second-order valence-electron chi connectivity index (χ2n) is 4.51. The largest absolute Gasteiger partial charge is 0.493 e. The summed E-state index contributed by atoms with van der Waals surface area (Å²) in [6, 6.07) is 7.15. The van der Waals surface area contributed by atoms with Gasteiger partial charge in [-0.1, -0.05) is 6.07 Å². The van der Waals surface area contributed by atoms with E-state index < -0.39 is 6.10 Å². The first kappa shape index (κ1) is 15.2. The molecule has 0 fully saturated rings. The van der Waals surface area contributed by atoms with Crippen molar-refractivity contribution in [1.29, 1.82) is 0 Å². The zero-order valence-electron chi connectivity index (χ0n) is 12.1. The molecule has 6 nitrogen and oxygen atoms in total. The molecule has 1 heterocycles. The van der Waals surface area contributed by atoms with E-state index in [-0.39, 0.29) is 12.5 Å². The highest BCUT2D eigenvalue weighted by Gasteiger charge is 2.24. The number of methoxy groups -OCH3 is 2. The lowest BCUT2D eigenvalue weighted by atomic mass is 9.92. The number of aromatic nitrogens is 2. The molecule has 2 aromatic rings. The number of rotatable bonds is 6. The second-order valence-corrected chi connectivity index (χ2v) is 4.51. The van der Waals surface area contributed by atoms with Gasteiger partial charge in [-0.2, -0.15) is 0 Å². The van der Waals surface area contributed by atoms with E-state index in [4.69, 9.17) is 15.2 Å². The van der Waals surface area contributed by atoms with Gasteiger partial charge in [0.2, 0.25) is 0 Å². The molecule has 112 valence electrons. The third-order valence-electron chi connectivity index (χ3n) is 3.32. The van der Waals surface area contributed by atoms with Crippen molar-refractivity contribution < 1.29 is 14.6 Å². The zero-order valence-corrected chi connectivity index (χ0v) is 12.1. The molecule has 0 aliphatic heterocycles. The Morgan fingerprint density at radius 2 is 1.81 bits per heavy atom. The number of nitrogens with two attached hydrogens (primary N) is 1. The Kier molecular flexibility index (Phi) is 5.08. The topological polar surface area (TPSA) is 90.5 Å². The van der Waals surface area contributed by atoms with E-state index in [1.54, 1.807) is 38.7 Å². The summed E-state index contributed by atoms with van der Waals surface area (Å²) in [7, 11) is 3.14. The van der Waals surface area contributed by atoms with Crippen LogP contribution in [0.5, 0.6) is 11.5 Å². The number of benzene rings is 1. The van der Waals surface area contributed by atoms with Crippen LogP contribution in [0.2, 0.25) is 0 Å². The zero-order chi connectivity index (χ0) is 15.2. The number of ether oxygens (including phenoxy) is 2. The molecule has 0 aliphatic carbocycles.